The minimum absolute atomic E-state index is 0.0195. The summed E-state index contributed by atoms with van der Waals surface area (Å²) in [5, 5.41) is 0. The van der Waals surface area contributed by atoms with Crippen molar-refractivity contribution in [3.05, 3.63) is 23.8 Å². The van der Waals surface area contributed by atoms with Crippen LogP contribution in [0.15, 0.2) is 18.2 Å². The first kappa shape index (κ1) is 14.2. The molecule has 1 saturated heterocycles. The van der Waals surface area contributed by atoms with Gasteiger partial charge in [-0.1, -0.05) is 0 Å². The van der Waals surface area contributed by atoms with E-state index in [1.807, 2.05) is 12.1 Å². The fourth-order valence-corrected chi connectivity index (χ4v) is 3.43. The number of nitrogen functional groups attached to an aromatic ring is 1. The van der Waals surface area contributed by atoms with Gasteiger partial charge in [-0.05, 0) is 37.5 Å². The minimum Gasteiger partial charge on any atom is -0.399 e. The van der Waals surface area contributed by atoms with E-state index in [1.54, 1.807) is 25.1 Å². The van der Waals surface area contributed by atoms with Crippen LogP contribution in [0.5, 0.6) is 0 Å². The molecule has 1 aliphatic carbocycles. The monoisotopic (exact) mass is 289 g/mol. The molecule has 114 valence electrons. The summed E-state index contributed by atoms with van der Waals surface area (Å²) in [6, 6.07) is 5.94. The van der Waals surface area contributed by atoms with Gasteiger partial charge >= 0.3 is 0 Å². The smallest absolute Gasteiger partial charge is 0.255 e. The fraction of sp³-hybridized carbons (Fsp3) is 0.562. The molecule has 0 bridgehead atoms. The summed E-state index contributed by atoms with van der Waals surface area (Å²) >= 11 is 0. The van der Waals surface area contributed by atoms with Gasteiger partial charge in [-0.2, -0.15) is 0 Å². The highest BCUT2D eigenvalue weighted by Crippen LogP contribution is 2.35. The van der Waals surface area contributed by atoms with E-state index in [0.29, 0.717) is 24.4 Å². The normalized spacial score (nSPS) is 24.8. The summed E-state index contributed by atoms with van der Waals surface area (Å²) in [6.07, 6.45) is 3.71. The van der Waals surface area contributed by atoms with Crippen LogP contribution in [0.1, 0.15) is 29.6 Å². The second kappa shape index (κ2) is 5.56. The number of fused-ring (bicyclic) bond motifs is 1. The van der Waals surface area contributed by atoms with Crippen LogP contribution in [0.2, 0.25) is 0 Å². The van der Waals surface area contributed by atoms with Crippen molar-refractivity contribution in [1.82, 2.24) is 4.90 Å². The maximum atomic E-state index is 12.4. The van der Waals surface area contributed by atoms with Gasteiger partial charge in [0.05, 0.1) is 30.0 Å². The molecule has 0 aromatic heterocycles. The van der Waals surface area contributed by atoms with Crippen LogP contribution in [0.3, 0.4) is 0 Å². The molecular formula is C16H23N3O2. The topological polar surface area (TPSA) is 58.8 Å². The lowest BCUT2D eigenvalue weighted by Gasteiger charge is -2.40. The average molecular weight is 289 g/mol. The number of morpholine rings is 1. The van der Waals surface area contributed by atoms with Crippen LogP contribution in [0.25, 0.3) is 0 Å². The van der Waals surface area contributed by atoms with Crippen LogP contribution in [-0.4, -0.2) is 50.2 Å². The van der Waals surface area contributed by atoms with Crippen LogP contribution >= 0.6 is 0 Å². The molecule has 5 heteroatoms. The Bertz CT molecular complexity index is 544. The number of ether oxygens (including phenoxy) is 1. The Hall–Kier alpha value is -1.75. The lowest BCUT2D eigenvalue weighted by Crippen LogP contribution is -2.49. The zero-order valence-electron chi connectivity index (χ0n) is 12.7. The molecule has 21 heavy (non-hydrogen) atoms. The highest BCUT2D eigenvalue weighted by Gasteiger charge is 2.37. The molecule has 2 aliphatic rings. The van der Waals surface area contributed by atoms with Crippen molar-refractivity contribution in [2.24, 2.45) is 0 Å². The minimum atomic E-state index is 0.0195. The number of hydrogen-bond donors (Lipinski definition) is 1. The SMILES string of the molecule is CN(C)C(=O)c1ccc(N)cc1N1CCOC2CCCC21. The Balaban J connectivity index is 2.00. The summed E-state index contributed by atoms with van der Waals surface area (Å²) < 4.78 is 5.86. The maximum Gasteiger partial charge on any atom is 0.255 e. The molecule has 2 atom stereocenters. The number of anilines is 2. The van der Waals surface area contributed by atoms with Gasteiger partial charge < -0.3 is 20.3 Å². The van der Waals surface area contributed by atoms with Crippen molar-refractivity contribution in [2.45, 2.75) is 31.4 Å². The Morgan fingerprint density at radius 1 is 1.38 bits per heavy atom. The molecule has 0 radical (unpaired) electrons. The zero-order chi connectivity index (χ0) is 15.0. The standard InChI is InChI=1S/C16H23N3O2/c1-18(2)16(20)12-7-6-11(17)10-14(12)19-8-9-21-15-5-3-4-13(15)19/h6-7,10,13,15H,3-5,8-9,17H2,1-2H3. The number of rotatable bonds is 2. The number of nitrogens with zero attached hydrogens (tertiary/aromatic N) is 2. The largest absolute Gasteiger partial charge is 0.399 e. The van der Waals surface area contributed by atoms with Crippen molar-refractivity contribution in [2.75, 3.05) is 37.9 Å². The Kier molecular flexibility index (Phi) is 3.76. The Morgan fingerprint density at radius 3 is 2.95 bits per heavy atom. The first-order valence-corrected chi connectivity index (χ1v) is 7.57. The van der Waals surface area contributed by atoms with Crippen molar-refractivity contribution in [3.8, 4) is 0 Å². The van der Waals surface area contributed by atoms with E-state index < -0.39 is 0 Å². The van der Waals surface area contributed by atoms with E-state index in [0.717, 1.165) is 30.6 Å². The molecule has 5 nitrogen and oxygen atoms in total. The van der Waals surface area contributed by atoms with Crippen LogP contribution in [0, 0.1) is 0 Å². The second-order valence-corrected chi connectivity index (χ2v) is 6.08. The predicted molar refractivity (Wildman–Crippen MR) is 83.6 cm³/mol. The van der Waals surface area contributed by atoms with Gasteiger partial charge in [0.15, 0.2) is 0 Å². The first-order valence-electron chi connectivity index (χ1n) is 7.57. The molecule has 2 unspecified atom stereocenters. The van der Waals surface area contributed by atoms with E-state index in [9.17, 15) is 4.79 Å². The maximum absolute atomic E-state index is 12.4. The third-order valence-corrected chi connectivity index (χ3v) is 4.45. The number of carbonyl (C=O) groups excluding carboxylic acids is 1. The summed E-state index contributed by atoms with van der Waals surface area (Å²) in [4.78, 5) is 16.4. The lowest BCUT2D eigenvalue weighted by atomic mass is 10.0. The van der Waals surface area contributed by atoms with E-state index in [4.69, 9.17) is 10.5 Å². The molecule has 1 aromatic carbocycles. The Labute approximate surface area is 125 Å². The number of carbonyl (C=O) groups is 1. The Morgan fingerprint density at radius 2 is 2.19 bits per heavy atom. The lowest BCUT2D eigenvalue weighted by molar-refractivity contribution is 0.0255. The highest BCUT2D eigenvalue weighted by molar-refractivity contribution is 6.00. The number of benzene rings is 1. The number of hydrogen-bond acceptors (Lipinski definition) is 4. The molecule has 1 amide bonds. The molecule has 2 N–H and O–H groups in total. The molecule has 1 aliphatic heterocycles. The van der Waals surface area contributed by atoms with E-state index in [-0.39, 0.29) is 5.91 Å². The third-order valence-electron chi connectivity index (χ3n) is 4.45. The van der Waals surface area contributed by atoms with Gasteiger partial charge in [-0.25, -0.2) is 0 Å². The quantitative estimate of drug-likeness (QED) is 0.842. The molecule has 2 fully saturated rings. The average Bonchev–Trinajstić information content (AvgIpc) is 2.94. The van der Waals surface area contributed by atoms with E-state index >= 15 is 0 Å². The first-order chi connectivity index (χ1) is 10.1. The van der Waals surface area contributed by atoms with E-state index in [1.165, 1.54) is 6.42 Å². The van der Waals surface area contributed by atoms with Crippen molar-refractivity contribution in [1.29, 1.82) is 0 Å². The van der Waals surface area contributed by atoms with Crippen LogP contribution in [0.4, 0.5) is 11.4 Å². The fourth-order valence-electron chi connectivity index (χ4n) is 3.43. The van der Waals surface area contributed by atoms with Gasteiger partial charge in [0.25, 0.3) is 5.91 Å². The van der Waals surface area contributed by atoms with Crippen molar-refractivity contribution >= 4 is 17.3 Å². The summed E-state index contributed by atoms with van der Waals surface area (Å²) in [6.45, 7) is 1.53. The zero-order valence-corrected chi connectivity index (χ0v) is 12.7. The van der Waals surface area contributed by atoms with Crippen molar-refractivity contribution < 1.29 is 9.53 Å². The summed E-state index contributed by atoms with van der Waals surface area (Å²) in [5.41, 5.74) is 8.34. The molecule has 1 saturated carbocycles. The predicted octanol–water partition coefficient (Wildman–Crippen LogP) is 1.73. The molecule has 1 heterocycles. The molecule has 1 aromatic rings. The molecule has 3 rings (SSSR count). The molecular weight excluding hydrogens is 266 g/mol. The summed E-state index contributed by atoms with van der Waals surface area (Å²) in [7, 11) is 3.56. The van der Waals surface area contributed by atoms with Gasteiger partial charge in [-0.15, -0.1) is 0 Å². The van der Waals surface area contributed by atoms with Crippen molar-refractivity contribution in [3.63, 3.8) is 0 Å². The van der Waals surface area contributed by atoms with Crippen LogP contribution in [-0.2, 0) is 4.74 Å². The highest BCUT2D eigenvalue weighted by atomic mass is 16.5. The number of amides is 1. The second-order valence-electron chi connectivity index (χ2n) is 6.08. The van der Waals surface area contributed by atoms with Gasteiger partial charge in [0, 0.05) is 26.3 Å². The third kappa shape index (κ3) is 2.58. The van der Waals surface area contributed by atoms with Gasteiger partial charge in [0.2, 0.25) is 0 Å². The molecule has 0 spiro atoms. The van der Waals surface area contributed by atoms with E-state index in [2.05, 4.69) is 4.90 Å². The van der Waals surface area contributed by atoms with Gasteiger partial charge in [0.1, 0.15) is 0 Å². The number of nitrogens with two attached hydrogens (primary N) is 1. The van der Waals surface area contributed by atoms with Crippen LogP contribution < -0.4 is 10.6 Å². The summed E-state index contributed by atoms with van der Waals surface area (Å²) in [5.74, 6) is 0.0195. The van der Waals surface area contributed by atoms with Gasteiger partial charge in [-0.3, -0.25) is 4.79 Å².